The molecule has 0 heterocycles. The minimum absolute atomic E-state index is 0.796. The minimum Gasteiger partial charge on any atom is -0.385 e. The third-order valence-electron chi connectivity index (χ3n) is 2.78. The van der Waals surface area contributed by atoms with Gasteiger partial charge in [-0.25, -0.2) is 0 Å². The Bertz CT molecular complexity index is 168. The summed E-state index contributed by atoms with van der Waals surface area (Å²) in [7, 11) is 7.69. The molecule has 0 radical (unpaired) electrons. The molecule has 0 aliphatic carbocycles. The Morgan fingerprint density at radius 1 is 0.833 bits per heavy atom. The lowest BCUT2D eigenvalue weighted by Crippen LogP contribution is -2.37. The average molecular weight is 261 g/mol. The van der Waals surface area contributed by atoms with Crippen molar-refractivity contribution < 1.29 is 9.47 Å². The lowest BCUT2D eigenvalue weighted by Gasteiger charge is -2.22. The highest BCUT2D eigenvalue weighted by Crippen LogP contribution is 1.92. The van der Waals surface area contributed by atoms with Gasteiger partial charge in [0.2, 0.25) is 0 Å². The molecule has 0 aromatic carbocycles. The molecule has 0 rings (SSSR count). The lowest BCUT2D eigenvalue weighted by atomic mass is 10.3. The topological polar surface area (TPSA) is 37.0 Å². The first kappa shape index (κ1) is 17.8. The Labute approximate surface area is 112 Å². The van der Waals surface area contributed by atoms with Crippen molar-refractivity contribution in [3.8, 4) is 0 Å². The smallest absolute Gasteiger partial charge is 0.0589 e. The van der Waals surface area contributed by atoms with Gasteiger partial charge in [-0.2, -0.15) is 0 Å². The summed E-state index contributed by atoms with van der Waals surface area (Å²) < 4.78 is 10.2. The van der Waals surface area contributed by atoms with Crippen LogP contribution in [0.4, 0.5) is 0 Å². The van der Waals surface area contributed by atoms with Crippen molar-refractivity contribution in [2.45, 2.75) is 6.42 Å². The summed E-state index contributed by atoms with van der Waals surface area (Å²) in [5.41, 5.74) is 0. The van der Waals surface area contributed by atoms with Crippen molar-refractivity contribution in [3.05, 3.63) is 0 Å². The molecule has 0 aliphatic rings. The van der Waals surface area contributed by atoms with Crippen LogP contribution in [0.5, 0.6) is 0 Å². The van der Waals surface area contributed by atoms with Crippen LogP contribution in [0.3, 0.4) is 0 Å². The van der Waals surface area contributed by atoms with Crippen molar-refractivity contribution in [3.63, 3.8) is 0 Å². The van der Waals surface area contributed by atoms with E-state index in [0.29, 0.717) is 0 Å². The molecule has 18 heavy (non-hydrogen) atoms. The van der Waals surface area contributed by atoms with Crippen LogP contribution in [0.2, 0.25) is 0 Å². The van der Waals surface area contributed by atoms with E-state index >= 15 is 0 Å². The standard InChI is InChI=1S/C13H31N3O2/c1-15(2)9-6-14-7-10-16(11-13-18-4)8-5-12-17-3/h14H,5-13H2,1-4H3. The first-order valence-electron chi connectivity index (χ1n) is 6.76. The van der Waals surface area contributed by atoms with Gasteiger partial charge >= 0.3 is 0 Å². The first-order valence-corrected chi connectivity index (χ1v) is 6.76. The van der Waals surface area contributed by atoms with Gasteiger partial charge in [0, 0.05) is 60.1 Å². The number of methoxy groups -OCH3 is 2. The lowest BCUT2D eigenvalue weighted by molar-refractivity contribution is 0.133. The van der Waals surface area contributed by atoms with E-state index in [4.69, 9.17) is 9.47 Å². The molecule has 5 heteroatoms. The zero-order chi connectivity index (χ0) is 13.6. The quantitative estimate of drug-likeness (QED) is 0.477. The van der Waals surface area contributed by atoms with Gasteiger partial charge in [0.25, 0.3) is 0 Å². The van der Waals surface area contributed by atoms with Gasteiger partial charge in [-0.15, -0.1) is 0 Å². The Morgan fingerprint density at radius 3 is 2.11 bits per heavy atom. The second-order valence-corrected chi connectivity index (χ2v) is 4.73. The number of hydrogen-bond acceptors (Lipinski definition) is 5. The van der Waals surface area contributed by atoms with E-state index in [1.807, 2.05) is 0 Å². The number of hydrogen-bond donors (Lipinski definition) is 1. The molecule has 0 aliphatic heterocycles. The molecule has 0 saturated heterocycles. The van der Waals surface area contributed by atoms with E-state index in [1.54, 1.807) is 14.2 Å². The van der Waals surface area contributed by atoms with Crippen LogP contribution >= 0.6 is 0 Å². The van der Waals surface area contributed by atoms with Gasteiger partial charge in [-0.3, -0.25) is 4.90 Å². The zero-order valence-electron chi connectivity index (χ0n) is 12.6. The largest absolute Gasteiger partial charge is 0.385 e. The molecule has 0 spiro atoms. The van der Waals surface area contributed by atoms with Crippen LogP contribution in [-0.4, -0.2) is 90.6 Å². The summed E-state index contributed by atoms with van der Waals surface area (Å²) in [6, 6.07) is 0. The van der Waals surface area contributed by atoms with E-state index in [-0.39, 0.29) is 0 Å². The molecule has 0 saturated carbocycles. The number of rotatable bonds is 13. The van der Waals surface area contributed by atoms with Crippen molar-refractivity contribution in [1.82, 2.24) is 15.1 Å². The molecular formula is C13H31N3O2. The van der Waals surface area contributed by atoms with E-state index in [1.165, 1.54) is 0 Å². The normalized spacial score (nSPS) is 11.7. The molecule has 0 unspecified atom stereocenters. The van der Waals surface area contributed by atoms with Crippen LogP contribution in [0.1, 0.15) is 6.42 Å². The molecule has 0 amide bonds. The third kappa shape index (κ3) is 12.3. The van der Waals surface area contributed by atoms with Gasteiger partial charge in [0.05, 0.1) is 6.61 Å². The van der Waals surface area contributed by atoms with Crippen molar-refractivity contribution in [1.29, 1.82) is 0 Å². The average Bonchev–Trinajstić information content (AvgIpc) is 2.34. The van der Waals surface area contributed by atoms with Crippen molar-refractivity contribution in [2.24, 2.45) is 0 Å². The monoisotopic (exact) mass is 261 g/mol. The number of nitrogens with zero attached hydrogens (tertiary/aromatic N) is 2. The highest BCUT2D eigenvalue weighted by molar-refractivity contribution is 4.60. The van der Waals surface area contributed by atoms with Crippen LogP contribution in [0, 0.1) is 0 Å². The maximum Gasteiger partial charge on any atom is 0.0589 e. The van der Waals surface area contributed by atoms with Crippen LogP contribution in [-0.2, 0) is 9.47 Å². The SMILES string of the molecule is COCCCN(CCNCCN(C)C)CCOC. The highest BCUT2D eigenvalue weighted by Gasteiger charge is 2.03. The van der Waals surface area contributed by atoms with Gasteiger partial charge in [0.1, 0.15) is 0 Å². The van der Waals surface area contributed by atoms with Crippen molar-refractivity contribution in [2.75, 3.05) is 80.8 Å². The van der Waals surface area contributed by atoms with Gasteiger partial charge < -0.3 is 19.7 Å². The summed E-state index contributed by atoms with van der Waals surface area (Å²) in [5.74, 6) is 0. The van der Waals surface area contributed by atoms with Crippen LogP contribution in [0.15, 0.2) is 0 Å². The number of ether oxygens (including phenoxy) is 2. The van der Waals surface area contributed by atoms with E-state index in [2.05, 4.69) is 29.2 Å². The van der Waals surface area contributed by atoms with Crippen molar-refractivity contribution >= 4 is 0 Å². The minimum atomic E-state index is 0.796. The van der Waals surface area contributed by atoms with E-state index < -0.39 is 0 Å². The summed E-state index contributed by atoms with van der Waals surface area (Å²) in [4.78, 5) is 4.61. The van der Waals surface area contributed by atoms with Crippen LogP contribution < -0.4 is 5.32 Å². The molecule has 0 fully saturated rings. The molecule has 0 aromatic rings. The second kappa shape index (κ2) is 13.2. The summed E-state index contributed by atoms with van der Waals surface area (Å²) in [6.45, 7) is 7.93. The molecule has 1 N–H and O–H groups in total. The fourth-order valence-electron chi connectivity index (χ4n) is 1.65. The number of nitrogens with one attached hydrogen (secondary N) is 1. The Hall–Kier alpha value is -0.200. The fourth-order valence-corrected chi connectivity index (χ4v) is 1.65. The molecule has 110 valence electrons. The van der Waals surface area contributed by atoms with E-state index in [9.17, 15) is 0 Å². The molecule has 0 bridgehead atoms. The Morgan fingerprint density at radius 2 is 1.50 bits per heavy atom. The predicted molar refractivity (Wildman–Crippen MR) is 76.2 cm³/mol. The third-order valence-corrected chi connectivity index (χ3v) is 2.78. The van der Waals surface area contributed by atoms with Gasteiger partial charge in [-0.1, -0.05) is 0 Å². The summed E-state index contributed by atoms with van der Waals surface area (Å²) in [6.07, 6.45) is 1.08. The molecule has 5 nitrogen and oxygen atoms in total. The highest BCUT2D eigenvalue weighted by atomic mass is 16.5. The summed E-state index contributed by atoms with van der Waals surface area (Å²) in [5, 5.41) is 3.46. The van der Waals surface area contributed by atoms with Crippen LogP contribution in [0.25, 0.3) is 0 Å². The maximum atomic E-state index is 5.14. The predicted octanol–water partition coefficient (Wildman–Crippen LogP) is 0.123. The second-order valence-electron chi connectivity index (χ2n) is 4.73. The molecule has 0 atom stereocenters. The fraction of sp³-hybridized carbons (Fsp3) is 1.00. The van der Waals surface area contributed by atoms with Gasteiger partial charge in [0.15, 0.2) is 0 Å². The first-order chi connectivity index (χ1) is 8.70. The molecular weight excluding hydrogens is 230 g/mol. The maximum absolute atomic E-state index is 5.14. The molecule has 0 aromatic heterocycles. The summed E-state index contributed by atoms with van der Waals surface area (Å²) >= 11 is 0. The Kier molecular flexibility index (Phi) is 13.1. The Balaban J connectivity index is 3.58. The number of likely N-dealkylation sites (N-methyl/N-ethyl adjacent to an activating group) is 1. The zero-order valence-corrected chi connectivity index (χ0v) is 12.6. The van der Waals surface area contributed by atoms with E-state index in [0.717, 1.165) is 58.9 Å². The van der Waals surface area contributed by atoms with Gasteiger partial charge in [-0.05, 0) is 20.5 Å².